The molecule has 2 saturated heterocycles. The summed E-state index contributed by atoms with van der Waals surface area (Å²) in [5.74, 6) is 0.146. The van der Waals surface area contributed by atoms with Crippen LogP contribution < -0.4 is 0 Å². The smallest absolute Gasteiger partial charge is 0.310 e. The van der Waals surface area contributed by atoms with Gasteiger partial charge in [-0.3, -0.25) is 14.5 Å². The number of piperidine rings is 2. The number of esters is 1. The predicted molar refractivity (Wildman–Crippen MR) is 82.2 cm³/mol. The van der Waals surface area contributed by atoms with Crippen molar-refractivity contribution in [1.29, 1.82) is 0 Å². The van der Waals surface area contributed by atoms with Gasteiger partial charge in [0, 0.05) is 19.7 Å². The minimum absolute atomic E-state index is 0.108. The first-order valence-electron chi connectivity index (χ1n) is 8.41. The Labute approximate surface area is 132 Å². The van der Waals surface area contributed by atoms with E-state index in [1.54, 1.807) is 6.92 Å². The molecule has 2 fully saturated rings. The van der Waals surface area contributed by atoms with Gasteiger partial charge in [0.05, 0.1) is 19.1 Å². The number of likely N-dealkylation sites (tertiary alicyclic amines) is 2. The van der Waals surface area contributed by atoms with Crippen LogP contribution in [0.4, 0.5) is 0 Å². The van der Waals surface area contributed by atoms with Gasteiger partial charge in [0.1, 0.15) is 0 Å². The Morgan fingerprint density at radius 1 is 1.18 bits per heavy atom. The molecule has 1 N–H and O–H groups in total. The summed E-state index contributed by atoms with van der Waals surface area (Å²) < 4.78 is 5.07. The SMILES string of the molecule is CCOC(=O)C1CCCN(C(=O)CN2CCC(CO)CC2)C1. The number of amides is 1. The molecule has 1 unspecified atom stereocenters. The molecular formula is C16H28N2O4. The summed E-state index contributed by atoms with van der Waals surface area (Å²) in [6, 6.07) is 0. The van der Waals surface area contributed by atoms with Crippen LogP contribution in [0.1, 0.15) is 32.6 Å². The van der Waals surface area contributed by atoms with Gasteiger partial charge in [-0.2, -0.15) is 0 Å². The van der Waals surface area contributed by atoms with Crippen LogP contribution in [0.3, 0.4) is 0 Å². The van der Waals surface area contributed by atoms with E-state index in [0.29, 0.717) is 25.6 Å². The predicted octanol–water partition coefficient (Wildman–Crippen LogP) is 0.492. The Morgan fingerprint density at radius 2 is 1.91 bits per heavy atom. The number of aliphatic hydroxyl groups excluding tert-OH is 1. The van der Waals surface area contributed by atoms with Crippen LogP contribution in [0.25, 0.3) is 0 Å². The number of carbonyl (C=O) groups excluding carboxylic acids is 2. The summed E-state index contributed by atoms with van der Waals surface area (Å²) in [6.45, 7) is 5.83. The van der Waals surface area contributed by atoms with E-state index in [0.717, 1.165) is 45.3 Å². The molecule has 2 heterocycles. The summed E-state index contributed by atoms with van der Waals surface area (Å²) in [5, 5.41) is 9.15. The Morgan fingerprint density at radius 3 is 2.55 bits per heavy atom. The zero-order valence-electron chi connectivity index (χ0n) is 13.5. The summed E-state index contributed by atoms with van der Waals surface area (Å²) in [6.07, 6.45) is 3.58. The number of nitrogens with zero attached hydrogens (tertiary/aromatic N) is 2. The van der Waals surface area contributed by atoms with Crippen LogP contribution in [0, 0.1) is 11.8 Å². The lowest BCUT2D eigenvalue weighted by molar-refractivity contribution is -0.151. The zero-order valence-corrected chi connectivity index (χ0v) is 13.5. The lowest BCUT2D eigenvalue weighted by Gasteiger charge is -2.35. The van der Waals surface area contributed by atoms with Crippen molar-refractivity contribution in [3.63, 3.8) is 0 Å². The number of hydrogen-bond donors (Lipinski definition) is 1. The average Bonchev–Trinajstić information content (AvgIpc) is 2.56. The largest absolute Gasteiger partial charge is 0.466 e. The maximum atomic E-state index is 12.4. The Kier molecular flexibility index (Phi) is 6.64. The molecule has 2 aliphatic heterocycles. The normalized spacial score (nSPS) is 24.3. The molecule has 0 bridgehead atoms. The molecule has 1 atom stereocenters. The first-order valence-corrected chi connectivity index (χ1v) is 8.41. The van der Waals surface area contributed by atoms with E-state index in [1.807, 2.05) is 4.90 Å². The fourth-order valence-corrected chi connectivity index (χ4v) is 3.27. The van der Waals surface area contributed by atoms with E-state index >= 15 is 0 Å². The maximum Gasteiger partial charge on any atom is 0.310 e. The van der Waals surface area contributed by atoms with Crippen LogP contribution in [0.2, 0.25) is 0 Å². The first kappa shape index (κ1) is 17.2. The van der Waals surface area contributed by atoms with E-state index in [2.05, 4.69) is 4.90 Å². The monoisotopic (exact) mass is 312 g/mol. The minimum Gasteiger partial charge on any atom is -0.466 e. The molecule has 0 spiro atoms. The van der Waals surface area contributed by atoms with Gasteiger partial charge in [0.25, 0.3) is 0 Å². The molecule has 0 aliphatic carbocycles. The highest BCUT2D eigenvalue weighted by Crippen LogP contribution is 2.20. The third kappa shape index (κ3) is 4.68. The second kappa shape index (κ2) is 8.48. The number of aliphatic hydroxyl groups is 1. The van der Waals surface area contributed by atoms with Gasteiger partial charge in [-0.15, -0.1) is 0 Å². The zero-order chi connectivity index (χ0) is 15.9. The maximum absolute atomic E-state index is 12.4. The standard InChI is InChI=1S/C16H28N2O4/c1-2-22-16(21)14-4-3-7-18(10-14)15(20)11-17-8-5-13(12-19)6-9-17/h13-14,19H,2-12H2,1H3. The minimum atomic E-state index is -0.177. The van der Waals surface area contributed by atoms with Crippen molar-refractivity contribution in [2.45, 2.75) is 32.6 Å². The van der Waals surface area contributed by atoms with Crippen molar-refractivity contribution >= 4 is 11.9 Å². The third-order valence-electron chi connectivity index (χ3n) is 4.72. The summed E-state index contributed by atoms with van der Waals surface area (Å²) in [5.41, 5.74) is 0. The van der Waals surface area contributed by atoms with Crippen molar-refractivity contribution in [3.8, 4) is 0 Å². The van der Waals surface area contributed by atoms with Gasteiger partial charge in [0.15, 0.2) is 0 Å². The molecule has 1 amide bonds. The molecular weight excluding hydrogens is 284 g/mol. The number of ether oxygens (including phenoxy) is 1. The Bertz CT molecular complexity index is 380. The van der Waals surface area contributed by atoms with Gasteiger partial charge < -0.3 is 14.7 Å². The highest BCUT2D eigenvalue weighted by molar-refractivity contribution is 5.80. The quantitative estimate of drug-likeness (QED) is 0.748. The molecule has 22 heavy (non-hydrogen) atoms. The van der Waals surface area contributed by atoms with Crippen LogP contribution in [0.5, 0.6) is 0 Å². The van der Waals surface area contributed by atoms with Crippen molar-refractivity contribution < 1.29 is 19.4 Å². The fourth-order valence-electron chi connectivity index (χ4n) is 3.27. The van der Waals surface area contributed by atoms with Gasteiger partial charge in [-0.05, 0) is 51.6 Å². The molecule has 0 aromatic heterocycles. The molecule has 6 nitrogen and oxygen atoms in total. The second-order valence-corrected chi connectivity index (χ2v) is 6.33. The highest BCUT2D eigenvalue weighted by atomic mass is 16.5. The Hall–Kier alpha value is -1.14. The molecule has 0 aromatic carbocycles. The van der Waals surface area contributed by atoms with Crippen LogP contribution in [-0.4, -0.2) is 72.7 Å². The van der Waals surface area contributed by atoms with Crippen LogP contribution in [-0.2, 0) is 14.3 Å². The number of hydrogen-bond acceptors (Lipinski definition) is 5. The molecule has 2 rings (SSSR count). The molecule has 126 valence electrons. The second-order valence-electron chi connectivity index (χ2n) is 6.33. The number of carbonyl (C=O) groups is 2. The van der Waals surface area contributed by atoms with Crippen LogP contribution in [0.15, 0.2) is 0 Å². The van der Waals surface area contributed by atoms with Crippen molar-refractivity contribution in [1.82, 2.24) is 9.80 Å². The van der Waals surface area contributed by atoms with Crippen molar-refractivity contribution in [2.75, 3.05) is 45.9 Å². The molecule has 2 aliphatic rings. The van der Waals surface area contributed by atoms with Gasteiger partial charge >= 0.3 is 5.97 Å². The fraction of sp³-hybridized carbons (Fsp3) is 0.875. The van der Waals surface area contributed by atoms with E-state index in [4.69, 9.17) is 9.84 Å². The topological polar surface area (TPSA) is 70.1 Å². The Balaban J connectivity index is 1.78. The molecule has 6 heteroatoms. The summed E-state index contributed by atoms with van der Waals surface area (Å²) in [7, 11) is 0. The van der Waals surface area contributed by atoms with E-state index in [-0.39, 0.29) is 24.4 Å². The summed E-state index contributed by atoms with van der Waals surface area (Å²) >= 11 is 0. The van der Waals surface area contributed by atoms with E-state index in [9.17, 15) is 9.59 Å². The van der Waals surface area contributed by atoms with Crippen molar-refractivity contribution in [2.24, 2.45) is 11.8 Å². The van der Waals surface area contributed by atoms with Gasteiger partial charge in [0.2, 0.25) is 5.91 Å². The van der Waals surface area contributed by atoms with Gasteiger partial charge in [-0.1, -0.05) is 0 Å². The van der Waals surface area contributed by atoms with E-state index < -0.39 is 0 Å². The third-order valence-corrected chi connectivity index (χ3v) is 4.72. The number of rotatable bonds is 5. The van der Waals surface area contributed by atoms with E-state index in [1.165, 1.54) is 0 Å². The lowest BCUT2D eigenvalue weighted by atomic mass is 9.97. The lowest BCUT2D eigenvalue weighted by Crippen LogP contribution is -2.48. The first-order chi connectivity index (χ1) is 10.6. The molecule has 0 aromatic rings. The van der Waals surface area contributed by atoms with Crippen molar-refractivity contribution in [3.05, 3.63) is 0 Å². The van der Waals surface area contributed by atoms with Gasteiger partial charge in [-0.25, -0.2) is 0 Å². The molecule has 0 saturated carbocycles. The average molecular weight is 312 g/mol. The summed E-state index contributed by atoms with van der Waals surface area (Å²) in [4.78, 5) is 28.2. The van der Waals surface area contributed by atoms with Crippen LogP contribution >= 0.6 is 0 Å². The highest BCUT2D eigenvalue weighted by Gasteiger charge is 2.30. The molecule has 0 radical (unpaired) electrons.